The van der Waals surface area contributed by atoms with E-state index in [0.29, 0.717) is 5.56 Å². The van der Waals surface area contributed by atoms with Gasteiger partial charge in [0.2, 0.25) is 0 Å². The molecule has 1 atom stereocenters. The van der Waals surface area contributed by atoms with E-state index in [0.717, 1.165) is 0 Å². The summed E-state index contributed by atoms with van der Waals surface area (Å²) in [5.74, 6) is -3.59. The number of alkyl halides is 2. The van der Waals surface area contributed by atoms with Crippen LogP contribution in [0.3, 0.4) is 0 Å². The van der Waals surface area contributed by atoms with Crippen LogP contribution in [0.25, 0.3) is 0 Å². The first-order chi connectivity index (χ1) is 6.38. The predicted molar refractivity (Wildman–Crippen MR) is 46.6 cm³/mol. The van der Waals surface area contributed by atoms with Crippen molar-refractivity contribution >= 4 is 0 Å². The molecular weight excluding hydrogens is 191 g/mol. The molecule has 0 heterocycles. The molecule has 4 heteroatoms. The number of hydrogen-bond donors (Lipinski definition) is 1. The molecule has 1 aromatic carbocycles. The Hall–Kier alpha value is -1.03. The molecule has 1 unspecified atom stereocenters. The van der Waals surface area contributed by atoms with E-state index < -0.39 is 23.7 Å². The molecule has 0 saturated heterocycles. The third-order valence-corrected chi connectivity index (χ3v) is 2.70. The van der Waals surface area contributed by atoms with Gasteiger partial charge in [0.05, 0.1) is 0 Å². The molecule has 1 nitrogen and oxygen atoms in total. The molecule has 2 rings (SSSR count). The van der Waals surface area contributed by atoms with Crippen LogP contribution < -0.4 is 5.73 Å². The highest BCUT2D eigenvalue weighted by atomic mass is 19.3. The number of halogens is 3. The lowest BCUT2D eigenvalue weighted by molar-refractivity contribution is 0.0881. The second-order valence-corrected chi connectivity index (χ2v) is 3.79. The van der Waals surface area contributed by atoms with Crippen LogP contribution in [-0.2, 0) is 5.54 Å². The third-order valence-electron chi connectivity index (χ3n) is 2.70. The summed E-state index contributed by atoms with van der Waals surface area (Å²) >= 11 is 0. The Bertz CT molecular complexity index is 389. The summed E-state index contributed by atoms with van der Waals surface area (Å²) in [6, 6.07) is 4.39. The first-order valence-electron chi connectivity index (χ1n) is 4.31. The topological polar surface area (TPSA) is 26.0 Å². The summed E-state index contributed by atoms with van der Waals surface area (Å²) in [6.07, 6.45) is -0.472. The average molecular weight is 201 g/mol. The van der Waals surface area contributed by atoms with Gasteiger partial charge >= 0.3 is 0 Å². The molecule has 0 aliphatic heterocycles. The maximum atomic E-state index is 13.5. The first-order valence-corrected chi connectivity index (χ1v) is 4.31. The summed E-state index contributed by atoms with van der Waals surface area (Å²) in [6.45, 7) is 1.53. The number of aryl methyl sites for hydroxylation is 1. The highest BCUT2D eigenvalue weighted by Crippen LogP contribution is 2.58. The molecule has 0 spiro atoms. The van der Waals surface area contributed by atoms with Crippen LogP contribution in [0, 0.1) is 12.7 Å². The van der Waals surface area contributed by atoms with Crippen molar-refractivity contribution in [3.63, 3.8) is 0 Å². The summed E-state index contributed by atoms with van der Waals surface area (Å²) < 4.78 is 39.2. The Morgan fingerprint density at radius 1 is 1.36 bits per heavy atom. The van der Waals surface area contributed by atoms with Crippen molar-refractivity contribution in [2.75, 3.05) is 0 Å². The molecule has 0 bridgehead atoms. The second kappa shape index (κ2) is 2.51. The predicted octanol–water partition coefficient (Wildman–Crippen LogP) is 2.33. The van der Waals surface area contributed by atoms with Crippen molar-refractivity contribution in [1.82, 2.24) is 0 Å². The van der Waals surface area contributed by atoms with Crippen molar-refractivity contribution in [3.05, 3.63) is 35.1 Å². The minimum absolute atomic E-state index is 0.0810. The van der Waals surface area contributed by atoms with Crippen LogP contribution in [0.4, 0.5) is 13.2 Å². The maximum Gasteiger partial charge on any atom is 0.272 e. The van der Waals surface area contributed by atoms with Crippen LogP contribution in [0.15, 0.2) is 18.2 Å². The second-order valence-electron chi connectivity index (χ2n) is 3.79. The van der Waals surface area contributed by atoms with Gasteiger partial charge in [-0.25, -0.2) is 13.2 Å². The Morgan fingerprint density at radius 2 is 1.93 bits per heavy atom. The van der Waals surface area contributed by atoms with Crippen molar-refractivity contribution in [2.45, 2.75) is 24.8 Å². The third kappa shape index (κ3) is 1.07. The van der Waals surface area contributed by atoms with E-state index in [1.54, 1.807) is 0 Å². The Morgan fingerprint density at radius 3 is 2.43 bits per heavy atom. The van der Waals surface area contributed by atoms with E-state index in [-0.39, 0.29) is 5.56 Å². The van der Waals surface area contributed by atoms with Crippen LogP contribution >= 0.6 is 0 Å². The molecular formula is C10H10F3N. The molecule has 0 amide bonds. The smallest absolute Gasteiger partial charge is 0.272 e. The molecule has 2 N–H and O–H groups in total. The van der Waals surface area contributed by atoms with Gasteiger partial charge in [0.25, 0.3) is 5.92 Å². The van der Waals surface area contributed by atoms with E-state index >= 15 is 0 Å². The fraction of sp³-hybridized carbons (Fsp3) is 0.400. The SMILES string of the molecule is Cc1cccc(C2(N)CC2(F)F)c1F. The van der Waals surface area contributed by atoms with Gasteiger partial charge in [-0.3, -0.25) is 0 Å². The van der Waals surface area contributed by atoms with Crippen molar-refractivity contribution in [2.24, 2.45) is 5.73 Å². The normalized spacial score (nSPS) is 28.9. The lowest BCUT2D eigenvalue weighted by atomic mass is 10.0. The van der Waals surface area contributed by atoms with Gasteiger partial charge in [-0.1, -0.05) is 18.2 Å². The molecule has 1 aliphatic rings. The van der Waals surface area contributed by atoms with E-state index in [2.05, 4.69) is 0 Å². The van der Waals surface area contributed by atoms with Gasteiger partial charge in [-0.05, 0) is 12.5 Å². The Labute approximate surface area is 79.7 Å². The summed E-state index contributed by atoms with van der Waals surface area (Å²) in [4.78, 5) is 0. The standard InChI is InChI=1S/C10H10F3N/c1-6-3-2-4-7(8(6)11)9(14)5-10(9,12)13/h2-4H,5,14H2,1H3. The van der Waals surface area contributed by atoms with Crippen LogP contribution in [-0.4, -0.2) is 5.92 Å². The molecule has 1 fully saturated rings. The summed E-state index contributed by atoms with van der Waals surface area (Å²) in [7, 11) is 0. The molecule has 1 saturated carbocycles. The maximum absolute atomic E-state index is 13.5. The number of hydrogen-bond acceptors (Lipinski definition) is 1. The van der Waals surface area contributed by atoms with Crippen LogP contribution in [0.2, 0.25) is 0 Å². The zero-order valence-corrected chi connectivity index (χ0v) is 7.65. The van der Waals surface area contributed by atoms with Gasteiger partial charge in [0.1, 0.15) is 11.4 Å². The summed E-state index contributed by atoms with van der Waals surface area (Å²) in [5, 5.41) is 0. The molecule has 0 aromatic heterocycles. The number of rotatable bonds is 1. The zero-order valence-electron chi connectivity index (χ0n) is 7.65. The van der Waals surface area contributed by atoms with Crippen LogP contribution in [0.1, 0.15) is 17.5 Å². The fourth-order valence-electron chi connectivity index (χ4n) is 1.59. The van der Waals surface area contributed by atoms with Crippen molar-refractivity contribution in [3.8, 4) is 0 Å². The minimum Gasteiger partial charge on any atom is -0.316 e. The molecule has 76 valence electrons. The Kier molecular flexibility index (Phi) is 1.71. The lowest BCUT2D eigenvalue weighted by Gasteiger charge is -2.12. The highest BCUT2D eigenvalue weighted by molar-refractivity contribution is 5.39. The van der Waals surface area contributed by atoms with Crippen molar-refractivity contribution in [1.29, 1.82) is 0 Å². The molecule has 14 heavy (non-hydrogen) atoms. The number of benzene rings is 1. The fourth-order valence-corrected chi connectivity index (χ4v) is 1.59. The van der Waals surface area contributed by atoms with Gasteiger partial charge in [0.15, 0.2) is 0 Å². The van der Waals surface area contributed by atoms with Crippen LogP contribution in [0.5, 0.6) is 0 Å². The monoisotopic (exact) mass is 201 g/mol. The minimum atomic E-state index is -2.97. The zero-order chi connectivity index (χ0) is 10.6. The van der Waals surface area contributed by atoms with Gasteiger partial charge in [-0.2, -0.15) is 0 Å². The first kappa shape index (κ1) is 9.52. The van der Waals surface area contributed by atoms with Gasteiger partial charge in [-0.15, -0.1) is 0 Å². The van der Waals surface area contributed by atoms with E-state index in [1.165, 1.54) is 25.1 Å². The quantitative estimate of drug-likeness (QED) is 0.741. The molecule has 1 aliphatic carbocycles. The van der Waals surface area contributed by atoms with E-state index in [1.807, 2.05) is 0 Å². The lowest BCUT2D eigenvalue weighted by Crippen LogP contribution is -2.28. The van der Waals surface area contributed by atoms with E-state index in [9.17, 15) is 13.2 Å². The van der Waals surface area contributed by atoms with E-state index in [4.69, 9.17) is 5.73 Å². The molecule has 0 radical (unpaired) electrons. The Balaban J connectivity index is 2.49. The molecule has 1 aromatic rings. The van der Waals surface area contributed by atoms with Gasteiger partial charge in [0, 0.05) is 12.0 Å². The van der Waals surface area contributed by atoms with Gasteiger partial charge < -0.3 is 5.73 Å². The average Bonchev–Trinajstić information content (AvgIpc) is 2.58. The number of nitrogens with two attached hydrogens (primary N) is 1. The van der Waals surface area contributed by atoms with Crippen molar-refractivity contribution < 1.29 is 13.2 Å². The largest absolute Gasteiger partial charge is 0.316 e. The highest BCUT2D eigenvalue weighted by Gasteiger charge is 2.70. The summed E-state index contributed by atoms with van der Waals surface area (Å²) in [5.41, 5.74) is 3.90.